The Kier molecular flexibility index (Phi) is 11.0. The van der Waals surface area contributed by atoms with E-state index in [1.165, 1.54) is 77.7 Å². The van der Waals surface area contributed by atoms with Crippen molar-refractivity contribution in [1.29, 1.82) is 0 Å². The van der Waals surface area contributed by atoms with Crippen molar-refractivity contribution in [2.24, 2.45) is 7.05 Å². The van der Waals surface area contributed by atoms with Crippen LogP contribution in [0.5, 0.6) is 0 Å². The number of pyridine rings is 1. The second kappa shape index (κ2) is 16.2. The van der Waals surface area contributed by atoms with Crippen LogP contribution in [0.15, 0.2) is 152 Å². The van der Waals surface area contributed by atoms with Crippen molar-refractivity contribution in [3.05, 3.63) is 209 Å². The molecular formula is C53H48BIrN5+. The van der Waals surface area contributed by atoms with Gasteiger partial charge in [-0.05, 0) is 97.3 Å². The summed E-state index contributed by atoms with van der Waals surface area (Å²) in [5, 5.41) is 2.45. The first-order valence-electron chi connectivity index (χ1n) is 20.4. The monoisotopic (exact) mass is 958 g/mol. The van der Waals surface area contributed by atoms with Gasteiger partial charge in [-0.25, -0.2) is 4.98 Å². The van der Waals surface area contributed by atoms with Crippen LogP contribution in [0, 0.1) is 46.2 Å². The van der Waals surface area contributed by atoms with Gasteiger partial charge in [-0.1, -0.05) is 109 Å². The van der Waals surface area contributed by atoms with Crippen LogP contribution in [-0.2, 0) is 32.6 Å². The summed E-state index contributed by atoms with van der Waals surface area (Å²) in [5.74, 6) is 0.950. The minimum absolute atomic E-state index is 0. The molecule has 0 saturated heterocycles. The topological polar surface area (TPSA) is 29.9 Å². The summed E-state index contributed by atoms with van der Waals surface area (Å²) in [4.78, 5) is 7.09. The number of aryl methyl sites for hydroxylation is 5. The van der Waals surface area contributed by atoms with Crippen LogP contribution in [0.2, 0.25) is 0 Å². The largest absolute Gasteiger partial charge is 3.00 e. The van der Waals surface area contributed by atoms with Crippen molar-refractivity contribution in [2.75, 3.05) is 0 Å². The van der Waals surface area contributed by atoms with E-state index in [9.17, 15) is 0 Å². The first kappa shape index (κ1) is 40.8. The molecule has 8 aromatic rings. The molecule has 0 unspecified atom stereocenters. The summed E-state index contributed by atoms with van der Waals surface area (Å²) < 4.78 is 6.59. The molecule has 7 heteroatoms. The number of para-hydroxylation sites is 3. The summed E-state index contributed by atoms with van der Waals surface area (Å²) >= 11 is 0. The molecule has 5 nitrogen and oxygen atoms in total. The maximum atomic E-state index is 4.64. The van der Waals surface area contributed by atoms with Gasteiger partial charge in [0.15, 0.2) is 0 Å². The van der Waals surface area contributed by atoms with Gasteiger partial charge in [-0.3, -0.25) is 0 Å². The second-order valence-electron chi connectivity index (χ2n) is 16.8. The number of hydrogen-bond donors (Lipinski definition) is 0. The van der Waals surface area contributed by atoms with Gasteiger partial charge in [0.2, 0.25) is 6.33 Å². The number of fused-ring (bicyclic) bond motifs is 5. The van der Waals surface area contributed by atoms with E-state index < -0.39 is 0 Å². The van der Waals surface area contributed by atoms with Crippen molar-refractivity contribution in [1.82, 2.24) is 18.9 Å². The van der Waals surface area contributed by atoms with Crippen LogP contribution in [0.25, 0.3) is 38.9 Å². The molecular weight excluding hydrogens is 910 g/mol. The normalized spacial score (nSPS) is 13.3. The fraction of sp³-hybridized carbons (Fsp3) is 0.170. The number of nitrogens with zero attached hydrogens (tertiary/aromatic N) is 5. The molecule has 0 saturated carbocycles. The van der Waals surface area contributed by atoms with E-state index in [2.05, 4.69) is 213 Å². The molecule has 0 aliphatic carbocycles. The zero-order valence-corrected chi connectivity index (χ0v) is 37.9. The molecule has 10 rings (SSSR count). The van der Waals surface area contributed by atoms with Crippen molar-refractivity contribution in [2.45, 2.75) is 53.9 Å². The predicted octanol–water partition coefficient (Wildman–Crippen LogP) is 9.67. The van der Waals surface area contributed by atoms with Gasteiger partial charge in [-0.2, -0.15) is 54.6 Å². The zero-order chi connectivity index (χ0) is 41.0. The second-order valence-corrected chi connectivity index (χ2v) is 16.8. The van der Waals surface area contributed by atoms with Crippen LogP contribution >= 0.6 is 0 Å². The van der Waals surface area contributed by atoms with Gasteiger partial charge < -0.3 is 18.5 Å². The minimum atomic E-state index is -0.00321. The average Bonchev–Trinajstić information content (AvgIpc) is 3.76. The van der Waals surface area contributed by atoms with Gasteiger partial charge in [0.25, 0.3) is 0 Å². The van der Waals surface area contributed by atoms with Crippen molar-refractivity contribution < 1.29 is 24.7 Å². The van der Waals surface area contributed by atoms with Crippen LogP contribution in [0.1, 0.15) is 59.8 Å². The third kappa shape index (κ3) is 7.00. The summed E-state index contributed by atoms with van der Waals surface area (Å²) in [6.07, 6.45) is 14.3. The Labute approximate surface area is 368 Å². The number of imidazole rings is 1. The van der Waals surface area contributed by atoms with Gasteiger partial charge >= 0.3 is 27.0 Å². The van der Waals surface area contributed by atoms with E-state index >= 15 is 0 Å². The molecule has 5 aromatic carbocycles. The number of allylic oxidation sites excluding steroid dienone is 3. The molecule has 2 aliphatic rings. The van der Waals surface area contributed by atoms with Crippen molar-refractivity contribution in [3.63, 3.8) is 0 Å². The Bertz CT molecular complexity index is 2900. The van der Waals surface area contributed by atoms with Crippen LogP contribution in [0.4, 0.5) is 0 Å². The molecule has 2 aliphatic heterocycles. The van der Waals surface area contributed by atoms with E-state index in [1.54, 1.807) is 0 Å². The molecule has 60 heavy (non-hydrogen) atoms. The number of benzene rings is 5. The van der Waals surface area contributed by atoms with Crippen molar-refractivity contribution >= 4 is 45.3 Å². The van der Waals surface area contributed by atoms with Gasteiger partial charge in [0, 0.05) is 28.6 Å². The molecule has 5 heterocycles. The number of hydrogen-bond acceptors (Lipinski definition) is 2. The number of rotatable bonds is 4. The molecule has 0 bridgehead atoms. The third-order valence-corrected chi connectivity index (χ3v) is 11.8. The molecule has 0 fully saturated rings. The van der Waals surface area contributed by atoms with Gasteiger partial charge in [0.1, 0.15) is 5.82 Å². The molecule has 0 spiro atoms. The Morgan fingerprint density at radius 2 is 1.40 bits per heavy atom. The Morgan fingerprint density at radius 1 is 0.717 bits per heavy atom. The van der Waals surface area contributed by atoms with Crippen LogP contribution < -0.4 is 15.6 Å². The maximum absolute atomic E-state index is 4.64. The van der Waals surface area contributed by atoms with E-state index in [0.29, 0.717) is 0 Å². The Hall–Kier alpha value is -6.01. The average molecular weight is 958 g/mol. The Balaban J connectivity index is 0.000000179. The fourth-order valence-electron chi connectivity index (χ4n) is 9.01. The van der Waals surface area contributed by atoms with E-state index in [1.807, 2.05) is 30.5 Å². The smallest absolute Gasteiger partial charge is 0.389 e. The predicted molar refractivity (Wildman–Crippen MR) is 244 cm³/mol. The zero-order valence-electron chi connectivity index (χ0n) is 35.5. The SMILES string of the molecule is CC(C)(C)c1ccnc(-n2c3[c-]cccc3c3ccccc32)c1.Cc1cccc(C)c1B1c2c([n+](C)[c-]n2-c2[c-]cccc2)C(c2c(C)cccc2C)=C2C=CC=CN12.[Ir+3]. The van der Waals surface area contributed by atoms with Crippen molar-refractivity contribution in [3.8, 4) is 11.5 Å². The summed E-state index contributed by atoms with van der Waals surface area (Å²) in [6, 6.07) is 47.1. The third-order valence-electron chi connectivity index (χ3n) is 11.8. The first-order valence-corrected chi connectivity index (χ1v) is 20.4. The molecule has 0 atom stereocenters. The van der Waals surface area contributed by atoms with E-state index in [0.717, 1.165) is 17.0 Å². The molecule has 0 radical (unpaired) electrons. The van der Waals surface area contributed by atoms with E-state index in [-0.39, 0.29) is 32.4 Å². The molecule has 296 valence electrons. The molecule has 0 amide bonds. The standard InChI is InChI=1S/C32H29BN3.C21H19N2.Ir/c1-22-13-11-14-23(2)28(22)29-27-19-9-10-20-36(27)33(30-24(3)15-12-16-25(30)4)32-31(29)34(5)21-35(32)26-17-7-6-8-18-26;1-21(2,3)15-12-13-22-20(14-15)23-18-10-6-4-8-16(18)17-9-5-7-11-19(17)23;/h6-17,19-20H,1-5H3;4-10,12-14H,1-3H3;/q2*-1;+3. The summed E-state index contributed by atoms with van der Waals surface area (Å²) in [5.41, 5.74) is 17.2. The summed E-state index contributed by atoms with van der Waals surface area (Å²) in [7, 11) is 2.12. The quantitative estimate of drug-likeness (QED) is 0.100. The Morgan fingerprint density at radius 3 is 2.12 bits per heavy atom. The van der Waals surface area contributed by atoms with Crippen LogP contribution in [-0.4, -0.2) is 25.8 Å². The van der Waals surface area contributed by atoms with Crippen LogP contribution in [0.3, 0.4) is 0 Å². The minimum Gasteiger partial charge on any atom is -0.389 e. The molecule has 3 aromatic heterocycles. The van der Waals surface area contributed by atoms with Gasteiger partial charge in [0.05, 0.1) is 12.7 Å². The number of aromatic nitrogens is 4. The summed E-state index contributed by atoms with van der Waals surface area (Å²) in [6.45, 7) is 15.6. The fourth-order valence-corrected chi connectivity index (χ4v) is 9.01. The maximum Gasteiger partial charge on any atom is 3.00 e. The first-order chi connectivity index (χ1) is 28.5. The van der Waals surface area contributed by atoms with Gasteiger partial charge in [-0.15, -0.1) is 5.39 Å². The van der Waals surface area contributed by atoms with E-state index in [4.69, 9.17) is 0 Å². The molecule has 0 N–H and O–H groups in total.